The van der Waals surface area contributed by atoms with Crippen LogP contribution in [0.25, 0.3) is 32.9 Å². The highest BCUT2D eigenvalue weighted by Crippen LogP contribution is 2.45. The summed E-state index contributed by atoms with van der Waals surface area (Å²) in [4.78, 5) is 24.5. The van der Waals surface area contributed by atoms with Gasteiger partial charge in [0.1, 0.15) is 5.75 Å². The number of nitrogens with zero attached hydrogens (tertiary/aromatic N) is 3. The Hall–Kier alpha value is -3.59. The Morgan fingerprint density at radius 2 is 1.90 bits per heavy atom. The molecule has 0 aliphatic carbocycles. The van der Waals surface area contributed by atoms with Crippen LogP contribution in [0.2, 0.25) is 0 Å². The Bertz CT molecular complexity index is 1610. The molecule has 2 aliphatic heterocycles. The number of benzene rings is 2. The van der Waals surface area contributed by atoms with Gasteiger partial charge >= 0.3 is 5.97 Å². The van der Waals surface area contributed by atoms with Crippen molar-refractivity contribution in [3.05, 3.63) is 65.0 Å². The van der Waals surface area contributed by atoms with Crippen molar-refractivity contribution in [1.82, 2.24) is 14.9 Å². The van der Waals surface area contributed by atoms with Gasteiger partial charge in [0.2, 0.25) is 0 Å². The lowest BCUT2D eigenvalue weighted by molar-refractivity contribution is -0.160. The molecule has 0 radical (unpaired) electrons. The Labute approximate surface area is 233 Å². The molecule has 40 heavy (non-hydrogen) atoms. The van der Waals surface area contributed by atoms with Crippen molar-refractivity contribution in [3.8, 4) is 16.9 Å². The lowest BCUT2D eigenvalue weighted by Crippen LogP contribution is -2.28. The van der Waals surface area contributed by atoms with E-state index in [9.17, 15) is 15.0 Å². The summed E-state index contributed by atoms with van der Waals surface area (Å²) in [5.74, 6) is -0.284. The molecule has 1 saturated heterocycles. The van der Waals surface area contributed by atoms with Crippen molar-refractivity contribution in [1.29, 1.82) is 0 Å². The minimum Gasteiger partial charge on any atom is -0.493 e. The van der Waals surface area contributed by atoms with Crippen molar-refractivity contribution in [3.63, 3.8) is 0 Å². The molecule has 2 aromatic heterocycles. The van der Waals surface area contributed by atoms with Crippen LogP contribution >= 0.6 is 0 Å². The summed E-state index contributed by atoms with van der Waals surface area (Å²) in [7, 11) is 0. The number of hydrogen-bond acceptors (Lipinski definition) is 7. The van der Waals surface area contributed by atoms with Crippen LogP contribution in [0.4, 0.5) is 0 Å². The topological polar surface area (TPSA) is 105 Å². The monoisotopic (exact) mass is 541 g/mol. The predicted molar refractivity (Wildman–Crippen MR) is 153 cm³/mol. The van der Waals surface area contributed by atoms with Gasteiger partial charge in [0.05, 0.1) is 28.9 Å². The SMILES string of the molecule is Cc1cc2nc(C(O)N3CCCC3)ccc2c(-c2ccc3c4c(ccnc24)CCO3)c1[C@H](OC(C)(C)C)C(=O)O. The number of likely N-dealkylation sites (tertiary alicyclic amines) is 1. The maximum absolute atomic E-state index is 12.8. The highest BCUT2D eigenvalue weighted by molar-refractivity contribution is 6.08. The van der Waals surface area contributed by atoms with E-state index in [1.807, 2.05) is 69.0 Å². The van der Waals surface area contributed by atoms with Crippen LogP contribution < -0.4 is 4.74 Å². The highest BCUT2D eigenvalue weighted by atomic mass is 16.5. The predicted octanol–water partition coefficient (Wildman–Crippen LogP) is 5.72. The molecule has 1 fully saturated rings. The maximum atomic E-state index is 12.8. The molecule has 8 heteroatoms. The number of carboxylic acids is 1. The zero-order valence-corrected chi connectivity index (χ0v) is 23.4. The number of ether oxygens (including phenoxy) is 2. The third-order valence-electron chi connectivity index (χ3n) is 7.81. The number of aliphatic hydroxyl groups excluding tert-OH is 1. The molecule has 208 valence electrons. The molecule has 4 heterocycles. The molecule has 2 atom stereocenters. The molecule has 0 bridgehead atoms. The van der Waals surface area contributed by atoms with Gasteiger partial charge in [-0.1, -0.05) is 6.07 Å². The first kappa shape index (κ1) is 26.6. The largest absolute Gasteiger partial charge is 0.493 e. The Balaban J connectivity index is 1.64. The quantitative estimate of drug-likeness (QED) is 0.319. The smallest absolute Gasteiger partial charge is 0.337 e. The molecule has 8 nitrogen and oxygen atoms in total. The van der Waals surface area contributed by atoms with E-state index < -0.39 is 23.9 Å². The number of aliphatic carboxylic acids is 1. The number of hydrogen-bond donors (Lipinski definition) is 2. The second-order valence-corrected chi connectivity index (χ2v) is 11.8. The zero-order valence-electron chi connectivity index (χ0n) is 23.4. The molecule has 2 aromatic carbocycles. The van der Waals surface area contributed by atoms with Gasteiger partial charge in [-0.15, -0.1) is 0 Å². The third-order valence-corrected chi connectivity index (χ3v) is 7.81. The highest BCUT2D eigenvalue weighted by Gasteiger charge is 2.33. The summed E-state index contributed by atoms with van der Waals surface area (Å²) in [5, 5.41) is 23.2. The molecule has 1 unspecified atom stereocenters. The number of aliphatic hydroxyl groups is 1. The zero-order chi connectivity index (χ0) is 28.2. The lowest BCUT2D eigenvalue weighted by atomic mass is 9.86. The van der Waals surface area contributed by atoms with E-state index in [0.29, 0.717) is 23.4 Å². The number of carboxylic acid groups (broad SMARTS) is 1. The van der Waals surface area contributed by atoms with Crippen molar-refractivity contribution >= 4 is 27.8 Å². The maximum Gasteiger partial charge on any atom is 0.337 e. The summed E-state index contributed by atoms with van der Waals surface area (Å²) in [6, 6.07) is 11.6. The fourth-order valence-corrected chi connectivity index (χ4v) is 6.07. The summed E-state index contributed by atoms with van der Waals surface area (Å²) < 4.78 is 12.2. The van der Waals surface area contributed by atoms with Gasteiger partial charge in [-0.2, -0.15) is 0 Å². The van der Waals surface area contributed by atoms with Crippen LogP contribution in [0.1, 0.15) is 68.3 Å². The van der Waals surface area contributed by atoms with Gasteiger partial charge in [-0.3, -0.25) is 9.88 Å². The van der Waals surface area contributed by atoms with Crippen molar-refractivity contribution < 1.29 is 24.5 Å². The lowest BCUT2D eigenvalue weighted by Gasteiger charge is -2.29. The van der Waals surface area contributed by atoms with E-state index in [1.54, 1.807) is 6.20 Å². The fraction of sp³-hybridized carbons (Fsp3) is 0.406. The van der Waals surface area contributed by atoms with Crippen LogP contribution in [-0.4, -0.2) is 56.3 Å². The first-order chi connectivity index (χ1) is 19.1. The van der Waals surface area contributed by atoms with Crippen LogP contribution in [0.3, 0.4) is 0 Å². The van der Waals surface area contributed by atoms with Crippen LogP contribution in [0.5, 0.6) is 5.75 Å². The molecule has 2 aliphatic rings. The van der Waals surface area contributed by atoms with Gasteiger partial charge in [0.15, 0.2) is 12.3 Å². The van der Waals surface area contributed by atoms with Gasteiger partial charge < -0.3 is 19.7 Å². The van der Waals surface area contributed by atoms with Crippen molar-refractivity contribution in [2.24, 2.45) is 0 Å². The number of carbonyl (C=O) groups is 1. The summed E-state index contributed by atoms with van der Waals surface area (Å²) in [6.45, 7) is 9.74. The molecule has 6 rings (SSSR count). The average molecular weight is 542 g/mol. The number of fused-ring (bicyclic) bond motifs is 1. The second-order valence-electron chi connectivity index (χ2n) is 11.8. The first-order valence-electron chi connectivity index (χ1n) is 13.9. The number of aryl methyl sites for hydroxylation is 1. The molecule has 4 aromatic rings. The number of aromatic nitrogens is 2. The van der Waals surface area contributed by atoms with Crippen molar-refractivity contribution in [2.45, 2.75) is 64.9 Å². The van der Waals surface area contributed by atoms with Gasteiger partial charge in [-0.05, 0) is 87.6 Å². The van der Waals surface area contributed by atoms with Gasteiger partial charge in [0, 0.05) is 47.6 Å². The number of rotatable bonds is 6. The van der Waals surface area contributed by atoms with Gasteiger partial charge in [-0.25, -0.2) is 9.78 Å². The minimum absolute atomic E-state index is 0.573. The van der Waals surface area contributed by atoms with Crippen molar-refractivity contribution in [2.75, 3.05) is 19.7 Å². The molecule has 2 N–H and O–H groups in total. The molecule has 0 spiro atoms. The molecule has 0 saturated carbocycles. The summed E-state index contributed by atoms with van der Waals surface area (Å²) in [5.41, 5.74) is 5.32. The fourth-order valence-electron chi connectivity index (χ4n) is 6.07. The third kappa shape index (κ3) is 4.70. The van der Waals surface area contributed by atoms with E-state index in [-0.39, 0.29) is 0 Å². The standard InChI is InChI=1S/C32H35N3O5/c1-18-17-23-20(7-9-22(34-23)30(36)35-14-5-6-15-35)27(25(18)29(31(37)38)40-32(2,3)4)21-8-10-24-26-19(12-16-39-24)11-13-33-28(21)26/h7-11,13,17,29-30,36H,5-6,12,14-16H2,1-4H3,(H,37,38)/t29-,30?/m0/s1. The van der Waals surface area contributed by atoms with E-state index in [2.05, 4.69) is 0 Å². The van der Waals surface area contributed by atoms with E-state index in [0.717, 1.165) is 76.6 Å². The van der Waals surface area contributed by atoms with E-state index in [1.165, 1.54) is 0 Å². The average Bonchev–Trinajstić information content (AvgIpc) is 3.46. The van der Waals surface area contributed by atoms with Crippen LogP contribution in [-0.2, 0) is 16.0 Å². The summed E-state index contributed by atoms with van der Waals surface area (Å²) in [6.07, 6.45) is 2.70. The van der Waals surface area contributed by atoms with Crippen LogP contribution in [0, 0.1) is 6.92 Å². The van der Waals surface area contributed by atoms with Gasteiger partial charge in [0.25, 0.3) is 0 Å². The molecular formula is C32H35N3O5. The first-order valence-corrected chi connectivity index (χ1v) is 13.9. The van der Waals surface area contributed by atoms with Crippen LogP contribution in [0.15, 0.2) is 42.6 Å². The molecular weight excluding hydrogens is 506 g/mol. The van der Waals surface area contributed by atoms with E-state index in [4.69, 9.17) is 19.4 Å². The Kier molecular flexibility index (Phi) is 6.73. The Morgan fingerprint density at radius 1 is 1.12 bits per heavy atom. The van der Waals surface area contributed by atoms with E-state index >= 15 is 0 Å². The minimum atomic E-state index is -1.21. The number of pyridine rings is 2. The Morgan fingerprint density at radius 3 is 2.62 bits per heavy atom. The second kappa shape index (κ2) is 10.1. The normalized spacial score (nSPS) is 17.2. The summed E-state index contributed by atoms with van der Waals surface area (Å²) >= 11 is 0. The molecule has 0 amide bonds.